The molecule has 0 radical (unpaired) electrons. The first-order valence-corrected chi connectivity index (χ1v) is 7.01. The molecule has 0 aromatic heterocycles. The number of amidine groups is 1. The second-order valence-corrected chi connectivity index (χ2v) is 5.23. The summed E-state index contributed by atoms with van der Waals surface area (Å²) in [6, 6.07) is 2.73. The highest BCUT2D eigenvalue weighted by molar-refractivity contribution is 6.65. The van der Waals surface area contributed by atoms with E-state index in [-0.39, 0.29) is 16.8 Å². The molecule has 126 valence electrons. The number of aliphatic imine (C=N–C) groups is 2. The van der Waals surface area contributed by atoms with Gasteiger partial charge >= 0.3 is 12.1 Å². The second kappa shape index (κ2) is 7.01. The third-order valence-corrected chi connectivity index (χ3v) is 3.19. The van der Waals surface area contributed by atoms with E-state index < -0.39 is 29.6 Å². The zero-order chi connectivity index (χ0) is 17.9. The number of amides is 1. The molecule has 24 heavy (non-hydrogen) atoms. The first-order valence-electron chi connectivity index (χ1n) is 6.63. The van der Waals surface area contributed by atoms with Gasteiger partial charge in [-0.25, -0.2) is 14.4 Å². The summed E-state index contributed by atoms with van der Waals surface area (Å²) in [7, 11) is 0. The summed E-state index contributed by atoms with van der Waals surface area (Å²) in [6.07, 6.45) is -3.54. The number of carbonyl (C=O) groups is 1. The van der Waals surface area contributed by atoms with Crippen LogP contribution in [0.25, 0.3) is 0 Å². The average molecular weight is 360 g/mol. The Hall–Kier alpha value is -2.40. The van der Waals surface area contributed by atoms with Crippen molar-refractivity contribution in [3.8, 4) is 11.8 Å². The van der Waals surface area contributed by atoms with Gasteiger partial charge in [0.1, 0.15) is 11.9 Å². The lowest BCUT2D eigenvalue weighted by atomic mass is 10.0. The number of nitrogens with zero attached hydrogens (tertiary/aromatic N) is 2. The average Bonchev–Trinajstić information content (AvgIpc) is 2.50. The van der Waals surface area contributed by atoms with Gasteiger partial charge in [-0.3, -0.25) is 4.79 Å². The predicted molar refractivity (Wildman–Crippen MR) is 82.7 cm³/mol. The molecule has 2 unspecified atom stereocenters. The van der Waals surface area contributed by atoms with Gasteiger partial charge in [0, 0.05) is 17.7 Å². The lowest BCUT2D eigenvalue weighted by Gasteiger charge is -2.13. The lowest BCUT2D eigenvalue weighted by molar-refractivity contribution is -0.167. The van der Waals surface area contributed by atoms with Crippen molar-refractivity contribution >= 4 is 34.7 Å². The maximum atomic E-state index is 13.5. The Morgan fingerprint density at radius 1 is 1.38 bits per heavy atom. The van der Waals surface area contributed by atoms with E-state index in [0.29, 0.717) is 0 Å². The Morgan fingerprint density at radius 3 is 2.75 bits per heavy atom. The summed E-state index contributed by atoms with van der Waals surface area (Å²) in [5.74, 6) is 2.07. The van der Waals surface area contributed by atoms with Crippen molar-refractivity contribution in [1.29, 1.82) is 0 Å². The van der Waals surface area contributed by atoms with Crippen molar-refractivity contribution in [3.63, 3.8) is 0 Å². The maximum Gasteiger partial charge on any atom is 0.471 e. The first-order chi connectivity index (χ1) is 11.2. The van der Waals surface area contributed by atoms with E-state index in [2.05, 4.69) is 21.8 Å². The molecule has 0 spiro atoms. The third kappa shape index (κ3) is 4.55. The minimum absolute atomic E-state index is 0.0460. The van der Waals surface area contributed by atoms with Gasteiger partial charge in [0.25, 0.3) is 0 Å². The summed E-state index contributed by atoms with van der Waals surface area (Å²) in [5, 5.41) is 1.51. The number of hydrogen-bond acceptors (Lipinski definition) is 3. The number of anilines is 1. The van der Waals surface area contributed by atoms with Gasteiger partial charge in [0.2, 0.25) is 5.29 Å². The summed E-state index contributed by atoms with van der Waals surface area (Å²) in [6.45, 7) is 1.81. The standard InChI is InChI=1S/C15H10ClF4N3O/c1-8-7-21-14(16)23-11(8)5-3-9-2-4-10(17)12(6-9)22-13(24)15(18,19)20/h2,4,6-8,11H,1H3,(H,22,24). The molecule has 1 aliphatic rings. The minimum atomic E-state index is -5.11. The fourth-order valence-electron chi connectivity index (χ4n) is 1.74. The van der Waals surface area contributed by atoms with Gasteiger partial charge < -0.3 is 5.32 Å². The number of rotatable bonds is 1. The first kappa shape index (κ1) is 17.9. The molecule has 1 heterocycles. The summed E-state index contributed by atoms with van der Waals surface area (Å²) < 4.78 is 50.2. The van der Waals surface area contributed by atoms with Crippen LogP contribution in [0.15, 0.2) is 28.2 Å². The number of hydrogen-bond donors (Lipinski definition) is 1. The molecule has 9 heteroatoms. The maximum absolute atomic E-state index is 13.5. The van der Waals surface area contributed by atoms with Crippen LogP contribution in [0.4, 0.5) is 23.2 Å². The lowest BCUT2D eigenvalue weighted by Crippen LogP contribution is -2.30. The largest absolute Gasteiger partial charge is 0.471 e. The molecule has 4 nitrogen and oxygen atoms in total. The Labute approximate surface area is 139 Å². The molecule has 0 bridgehead atoms. The van der Waals surface area contributed by atoms with E-state index >= 15 is 0 Å². The molecule has 1 aromatic rings. The number of nitrogens with one attached hydrogen (secondary N) is 1. The number of halogens is 5. The van der Waals surface area contributed by atoms with Gasteiger partial charge in [-0.1, -0.05) is 18.8 Å². The minimum Gasteiger partial charge on any atom is -0.316 e. The van der Waals surface area contributed by atoms with Crippen LogP contribution < -0.4 is 5.32 Å². The van der Waals surface area contributed by atoms with Gasteiger partial charge in [0.15, 0.2) is 0 Å². The molecule has 1 aliphatic heterocycles. The molecule has 2 atom stereocenters. The fourth-order valence-corrected chi connectivity index (χ4v) is 1.90. The van der Waals surface area contributed by atoms with Crippen molar-refractivity contribution in [2.45, 2.75) is 19.1 Å². The van der Waals surface area contributed by atoms with Crippen molar-refractivity contribution in [2.24, 2.45) is 15.9 Å². The molecule has 0 saturated carbocycles. The zero-order valence-electron chi connectivity index (χ0n) is 12.2. The van der Waals surface area contributed by atoms with Crippen LogP contribution in [0, 0.1) is 23.6 Å². The van der Waals surface area contributed by atoms with E-state index in [1.165, 1.54) is 11.4 Å². The highest BCUT2D eigenvalue weighted by Crippen LogP contribution is 2.21. The fraction of sp³-hybridized carbons (Fsp3) is 0.267. The Bertz CT molecular complexity index is 777. The number of carbonyl (C=O) groups excluding carboxylic acids is 1. The summed E-state index contributed by atoms with van der Waals surface area (Å²) >= 11 is 5.69. The van der Waals surface area contributed by atoms with Crippen molar-refractivity contribution < 1.29 is 22.4 Å². The van der Waals surface area contributed by atoms with Crippen LogP contribution in [0.1, 0.15) is 12.5 Å². The van der Waals surface area contributed by atoms with E-state index in [0.717, 1.165) is 12.1 Å². The summed E-state index contributed by atoms with van der Waals surface area (Å²) in [4.78, 5) is 18.7. The van der Waals surface area contributed by atoms with Crippen LogP contribution >= 0.6 is 11.6 Å². The van der Waals surface area contributed by atoms with Crippen LogP contribution in [0.3, 0.4) is 0 Å². The molecule has 0 fully saturated rings. The Kier molecular flexibility index (Phi) is 5.24. The molecule has 0 aliphatic carbocycles. The number of alkyl halides is 3. The van der Waals surface area contributed by atoms with E-state index in [1.54, 1.807) is 6.21 Å². The quantitative estimate of drug-likeness (QED) is 0.466. The molecule has 2 rings (SSSR count). The number of benzene rings is 1. The predicted octanol–water partition coefficient (Wildman–Crippen LogP) is 3.36. The molecule has 1 amide bonds. The van der Waals surface area contributed by atoms with Gasteiger partial charge in [-0.15, -0.1) is 0 Å². The normalized spacial score (nSPS) is 20.0. The van der Waals surface area contributed by atoms with Crippen molar-refractivity contribution in [3.05, 3.63) is 29.6 Å². The Balaban J connectivity index is 2.22. The van der Waals surface area contributed by atoms with E-state index in [4.69, 9.17) is 11.6 Å². The molecular formula is C15H10ClF4N3O. The molecule has 1 aromatic carbocycles. The monoisotopic (exact) mass is 359 g/mol. The molecule has 1 N–H and O–H groups in total. The van der Waals surface area contributed by atoms with Crippen LogP contribution in [-0.2, 0) is 4.79 Å². The van der Waals surface area contributed by atoms with Crippen LogP contribution in [-0.4, -0.2) is 29.6 Å². The molecule has 0 saturated heterocycles. The topological polar surface area (TPSA) is 53.8 Å². The highest BCUT2D eigenvalue weighted by Gasteiger charge is 2.39. The highest BCUT2D eigenvalue weighted by atomic mass is 35.5. The zero-order valence-corrected chi connectivity index (χ0v) is 12.9. The van der Waals surface area contributed by atoms with Crippen LogP contribution in [0.2, 0.25) is 0 Å². The van der Waals surface area contributed by atoms with Gasteiger partial charge in [-0.2, -0.15) is 13.2 Å². The van der Waals surface area contributed by atoms with Gasteiger partial charge in [0.05, 0.1) is 5.69 Å². The van der Waals surface area contributed by atoms with E-state index in [1.807, 2.05) is 6.92 Å². The third-order valence-electron chi connectivity index (χ3n) is 3.00. The van der Waals surface area contributed by atoms with Crippen LogP contribution in [0.5, 0.6) is 0 Å². The van der Waals surface area contributed by atoms with E-state index in [9.17, 15) is 22.4 Å². The Morgan fingerprint density at radius 2 is 2.08 bits per heavy atom. The smallest absolute Gasteiger partial charge is 0.316 e. The van der Waals surface area contributed by atoms with Gasteiger partial charge in [-0.05, 0) is 29.8 Å². The summed E-state index contributed by atoms with van der Waals surface area (Å²) in [5.41, 5.74) is -0.390. The van der Waals surface area contributed by atoms with Crippen molar-refractivity contribution in [2.75, 3.05) is 5.32 Å². The van der Waals surface area contributed by atoms with Crippen molar-refractivity contribution in [1.82, 2.24) is 0 Å². The second-order valence-electron chi connectivity index (χ2n) is 4.90. The SMILES string of the molecule is CC1C=NC(Cl)=NC1C#Cc1ccc(F)c(NC(=O)C(F)(F)F)c1. The molecular weight excluding hydrogens is 350 g/mol.